The molecule has 78 valence electrons. The Hall–Kier alpha value is -1.20. The number of phenols is 1. The Kier molecular flexibility index (Phi) is 2.73. The summed E-state index contributed by atoms with van der Waals surface area (Å²) < 4.78 is 25.7. The van der Waals surface area contributed by atoms with Crippen LogP contribution in [-0.2, 0) is 10.4 Å². The molecule has 0 aliphatic rings. The van der Waals surface area contributed by atoms with E-state index in [4.69, 9.17) is 5.90 Å². The first-order chi connectivity index (χ1) is 6.38. The summed E-state index contributed by atoms with van der Waals surface area (Å²) in [6.07, 6.45) is 0. The quantitative estimate of drug-likeness (QED) is 0.720. The molecule has 3 N–H and O–H groups in total. The van der Waals surface area contributed by atoms with Gasteiger partial charge in [-0.25, -0.2) is 14.7 Å². The van der Waals surface area contributed by atoms with E-state index in [1.165, 1.54) is 13.8 Å². The molecule has 0 atom stereocenters. The zero-order chi connectivity index (χ0) is 10.9. The van der Waals surface area contributed by atoms with Crippen LogP contribution in [-0.4, -0.2) is 5.11 Å². The molecule has 1 rings (SSSR count). The van der Waals surface area contributed by atoms with Crippen molar-refractivity contribution < 1.29 is 18.7 Å². The van der Waals surface area contributed by atoms with E-state index < -0.39 is 23.0 Å². The molecule has 3 nitrogen and oxygen atoms in total. The second-order valence-electron chi connectivity index (χ2n) is 3.41. The summed E-state index contributed by atoms with van der Waals surface area (Å²) in [6.45, 7) is 2.97. The summed E-state index contributed by atoms with van der Waals surface area (Å²) in [5.41, 5.74) is -1.18. The maximum atomic E-state index is 12.9. The van der Waals surface area contributed by atoms with Gasteiger partial charge < -0.3 is 5.11 Å². The van der Waals surface area contributed by atoms with Crippen molar-refractivity contribution in [3.8, 4) is 5.75 Å². The van der Waals surface area contributed by atoms with Gasteiger partial charge in [-0.05, 0) is 19.9 Å². The van der Waals surface area contributed by atoms with Crippen LogP contribution in [0.3, 0.4) is 0 Å². The molecule has 1 aromatic rings. The Morgan fingerprint density at radius 3 is 2.43 bits per heavy atom. The Bertz CT molecular complexity index is 353. The number of phenolic OH excluding ortho intramolecular Hbond substituents is 1. The minimum Gasteiger partial charge on any atom is -0.505 e. The number of nitrogens with two attached hydrogens (primary N) is 1. The molecule has 0 fully saturated rings. The van der Waals surface area contributed by atoms with Crippen molar-refractivity contribution in [2.24, 2.45) is 5.90 Å². The first-order valence-corrected chi connectivity index (χ1v) is 3.95. The van der Waals surface area contributed by atoms with Gasteiger partial charge in [-0.1, -0.05) is 0 Å². The van der Waals surface area contributed by atoms with Crippen LogP contribution in [0.4, 0.5) is 8.78 Å². The van der Waals surface area contributed by atoms with Crippen molar-refractivity contribution in [3.05, 3.63) is 29.3 Å². The molecule has 0 unspecified atom stereocenters. The van der Waals surface area contributed by atoms with Gasteiger partial charge in [-0.15, -0.1) is 0 Å². The predicted octanol–water partition coefficient (Wildman–Crippen LogP) is 1.80. The zero-order valence-electron chi connectivity index (χ0n) is 7.84. The topological polar surface area (TPSA) is 55.5 Å². The molecular weight excluding hydrogens is 192 g/mol. The summed E-state index contributed by atoms with van der Waals surface area (Å²) in [5, 5.41) is 9.31. The molecule has 0 heterocycles. The molecule has 0 amide bonds. The third-order valence-electron chi connectivity index (χ3n) is 1.97. The lowest BCUT2D eigenvalue weighted by molar-refractivity contribution is -0.0255. The highest BCUT2D eigenvalue weighted by atomic mass is 19.1. The largest absolute Gasteiger partial charge is 0.505 e. The van der Waals surface area contributed by atoms with Gasteiger partial charge in [0.05, 0.1) is 0 Å². The average Bonchev–Trinajstić information content (AvgIpc) is 2.11. The zero-order valence-corrected chi connectivity index (χ0v) is 7.84. The van der Waals surface area contributed by atoms with E-state index in [2.05, 4.69) is 4.84 Å². The molecule has 0 saturated heterocycles. The van der Waals surface area contributed by atoms with Gasteiger partial charge in [-0.2, -0.15) is 0 Å². The van der Waals surface area contributed by atoms with Crippen LogP contribution in [0.1, 0.15) is 19.4 Å². The van der Waals surface area contributed by atoms with E-state index >= 15 is 0 Å². The van der Waals surface area contributed by atoms with Gasteiger partial charge >= 0.3 is 0 Å². The van der Waals surface area contributed by atoms with Crippen molar-refractivity contribution in [2.75, 3.05) is 0 Å². The lowest BCUT2D eigenvalue weighted by atomic mass is 9.97. The van der Waals surface area contributed by atoms with Gasteiger partial charge in [0.25, 0.3) is 0 Å². The number of rotatable bonds is 2. The standard InChI is InChI=1S/C9H11F2NO2/c1-9(2,14-12)6-3-5(10)4-7(11)8(6)13/h3-4,13H,12H2,1-2H3. The SMILES string of the molecule is CC(C)(ON)c1cc(F)cc(F)c1O. The third-order valence-corrected chi connectivity index (χ3v) is 1.97. The van der Waals surface area contributed by atoms with E-state index in [9.17, 15) is 13.9 Å². The molecular formula is C9H11F2NO2. The Morgan fingerprint density at radius 2 is 1.93 bits per heavy atom. The van der Waals surface area contributed by atoms with Gasteiger partial charge in [-0.3, -0.25) is 4.84 Å². The second-order valence-corrected chi connectivity index (χ2v) is 3.41. The maximum Gasteiger partial charge on any atom is 0.168 e. The number of hydrogen-bond acceptors (Lipinski definition) is 3. The maximum absolute atomic E-state index is 12.9. The van der Waals surface area contributed by atoms with Crippen molar-refractivity contribution in [1.82, 2.24) is 0 Å². The van der Waals surface area contributed by atoms with Crippen LogP contribution < -0.4 is 5.90 Å². The van der Waals surface area contributed by atoms with Crippen LogP contribution in [0.5, 0.6) is 5.75 Å². The smallest absolute Gasteiger partial charge is 0.168 e. The number of aromatic hydroxyl groups is 1. The van der Waals surface area contributed by atoms with Crippen LogP contribution >= 0.6 is 0 Å². The predicted molar refractivity (Wildman–Crippen MR) is 46.3 cm³/mol. The normalized spacial score (nSPS) is 11.8. The average molecular weight is 203 g/mol. The molecule has 0 aliphatic heterocycles. The summed E-state index contributed by atoms with van der Waals surface area (Å²) in [4.78, 5) is 4.52. The highest BCUT2D eigenvalue weighted by Gasteiger charge is 2.26. The molecule has 0 aliphatic carbocycles. The fraction of sp³-hybridized carbons (Fsp3) is 0.333. The highest BCUT2D eigenvalue weighted by molar-refractivity contribution is 5.38. The number of halogens is 2. The Balaban J connectivity index is 3.34. The van der Waals surface area contributed by atoms with E-state index in [-0.39, 0.29) is 5.56 Å². The summed E-state index contributed by atoms with van der Waals surface area (Å²) in [6, 6.07) is 1.57. The van der Waals surface area contributed by atoms with E-state index in [0.29, 0.717) is 6.07 Å². The van der Waals surface area contributed by atoms with Crippen LogP contribution in [0.25, 0.3) is 0 Å². The Labute approximate surface area is 80.1 Å². The lowest BCUT2D eigenvalue weighted by Gasteiger charge is -2.23. The summed E-state index contributed by atoms with van der Waals surface area (Å²) in [7, 11) is 0. The van der Waals surface area contributed by atoms with E-state index in [0.717, 1.165) is 6.07 Å². The molecule has 1 aromatic carbocycles. The second kappa shape index (κ2) is 3.51. The summed E-state index contributed by atoms with van der Waals surface area (Å²) in [5.74, 6) is 2.47. The van der Waals surface area contributed by atoms with Crippen LogP contribution in [0, 0.1) is 11.6 Å². The van der Waals surface area contributed by atoms with Crippen molar-refractivity contribution >= 4 is 0 Å². The van der Waals surface area contributed by atoms with Gasteiger partial charge in [0, 0.05) is 11.6 Å². The molecule has 0 radical (unpaired) electrons. The third kappa shape index (κ3) is 1.83. The van der Waals surface area contributed by atoms with Crippen molar-refractivity contribution in [3.63, 3.8) is 0 Å². The first-order valence-electron chi connectivity index (χ1n) is 3.95. The molecule has 0 spiro atoms. The van der Waals surface area contributed by atoms with Gasteiger partial charge in [0.1, 0.15) is 11.4 Å². The molecule has 5 heteroatoms. The van der Waals surface area contributed by atoms with Gasteiger partial charge in [0.15, 0.2) is 11.6 Å². The fourth-order valence-electron chi connectivity index (χ4n) is 1.09. The summed E-state index contributed by atoms with van der Waals surface area (Å²) >= 11 is 0. The van der Waals surface area contributed by atoms with Crippen molar-refractivity contribution in [2.45, 2.75) is 19.4 Å². The number of hydrogen-bond donors (Lipinski definition) is 2. The van der Waals surface area contributed by atoms with Crippen LogP contribution in [0.2, 0.25) is 0 Å². The molecule has 0 saturated carbocycles. The Morgan fingerprint density at radius 1 is 1.36 bits per heavy atom. The molecule has 14 heavy (non-hydrogen) atoms. The lowest BCUT2D eigenvalue weighted by Crippen LogP contribution is -2.25. The van der Waals surface area contributed by atoms with Crippen LogP contribution in [0.15, 0.2) is 12.1 Å². The first kappa shape index (κ1) is 10.9. The van der Waals surface area contributed by atoms with E-state index in [1.54, 1.807) is 0 Å². The highest BCUT2D eigenvalue weighted by Crippen LogP contribution is 2.33. The minimum atomic E-state index is -1.15. The van der Waals surface area contributed by atoms with Gasteiger partial charge in [0.2, 0.25) is 0 Å². The van der Waals surface area contributed by atoms with E-state index in [1.807, 2.05) is 0 Å². The monoisotopic (exact) mass is 203 g/mol. The minimum absolute atomic E-state index is 0.0301. The molecule has 0 bridgehead atoms. The van der Waals surface area contributed by atoms with Crippen molar-refractivity contribution in [1.29, 1.82) is 0 Å². The fourth-order valence-corrected chi connectivity index (χ4v) is 1.09. The molecule has 0 aromatic heterocycles. The number of benzene rings is 1.